The smallest absolute Gasteiger partial charge is 0.392 e. The number of benzene rings is 1. The van der Waals surface area contributed by atoms with Crippen LogP contribution in [-0.2, 0) is 0 Å². The zero-order valence-electron chi connectivity index (χ0n) is 11.6. The first kappa shape index (κ1) is 14.0. The minimum absolute atomic E-state index is 0.411. The number of aromatic nitrogens is 1. The van der Waals surface area contributed by atoms with Crippen LogP contribution in [0.5, 0.6) is 5.88 Å². The molecule has 0 saturated carbocycles. The molecule has 2 aromatic heterocycles. The number of ether oxygens (including phenoxy) is 1. The Morgan fingerprint density at radius 3 is 2.67 bits per heavy atom. The lowest BCUT2D eigenvalue weighted by atomic mass is 10.2. The summed E-state index contributed by atoms with van der Waals surface area (Å²) in [6.07, 6.45) is -0.814. The Hall–Kier alpha value is -1.92. The number of rotatable bonds is 3. The number of nitrogens with one attached hydrogen (secondary N) is 1. The zero-order valence-corrected chi connectivity index (χ0v) is 13.2. The molecule has 4 nitrogen and oxygen atoms in total. The van der Waals surface area contributed by atoms with E-state index in [9.17, 15) is 4.79 Å². The molecule has 0 aliphatic rings. The Labute approximate surface area is 130 Å². The van der Waals surface area contributed by atoms with E-state index >= 15 is 0 Å². The first-order valence-corrected chi connectivity index (χ1v) is 8.05. The molecule has 2 heterocycles. The van der Waals surface area contributed by atoms with Gasteiger partial charge in [0.2, 0.25) is 5.88 Å². The van der Waals surface area contributed by atoms with Gasteiger partial charge in [0.25, 0.3) is 0 Å². The molecule has 0 aliphatic carbocycles. The molecule has 3 rings (SSSR count). The molecule has 108 valence electrons. The zero-order chi connectivity index (χ0) is 15.0. The third-order valence-corrected chi connectivity index (χ3v) is 5.07. The highest BCUT2D eigenvalue weighted by atomic mass is 32.2. The van der Waals surface area contributed by atoms with Crippen LogP contribution < -0.4 is 10.5 Å². The van der Waals surface area contributed by atoms with Crippen molar-refractivity contribution < 1.29 is 9.53 Å². The molecule has 0 radical (unpaired) electrons. The van der Waals surface area contributed by atoms with Crippen LogP contribution in [0.3, 0.4) is 0 Å². The van der Waals surface area contributed by atoms with Gasteiger partial charge < -0.3 is 15.5 Å². The largest absolute Gasteiger partial charge is 0.411 e. The van der Waals surface area contributed by atoms with Crippen molar-refractivity contribution in [2.24, 2.45) is 5.73 Å². The number of carbonyl (C=O) groups excluding carboxylic acids is 1. The van der Waals surface area contributed by atoms with Gasteiger partial charge in [-0.2, -0.15) is 0 Å². The molecule has 3 N–H and O–H groups in total. The summed E-state index contributed by atoms with van der Waals surface area (Å²) in [5.74, 6) is 0.411. The molecule has 21 heavy (non-hydrogen) atoms. The van der Waals surface area contributed by atoms with Crippen molar-refractivity contribution >= 4 is 39.4 Å². The monoisotopic (exact) mass is 318 g/mol. The highest BCUT2D eigenvalue weighted by Crippen LogP contribution is 2.43. The highest BCUT2D eigenvalue weighted by Gasteiger charge is 2.17. The topological polar surface area (TPSA) is 68.1 Å². The van der Waals surface area contributed by atoms with Crippen LogP contribution in [0.2, 0.25) is 0 Å². The molecule has 0 unspecified atom stereocenters. The van der Waals surface area contributed by atoms with Gasteiger partial charge in [0, 0.05) is 4.90 Å². The number of aryl methyl sites for hydroxylation is 2. The number of H-pyrrole nitrogens is 1. The molecule has 1 aromatic carbocycles. The Morgan fingerprint density at radius 1 is 1.29 bits per heavy atom. The SMILES string of the molecule is Cc1cc(C)cc(Sc2c(OC(N)=O)[nH]c3ccsc23)c1. The normalized spacial score (nSPS) is 11.0. The van der Waals surface area contributed by atoms with E-state index in [-0.39, 0.29) is 0 Å². The molecule has 0 spiro atoms. The van der Waals surface area contributed by atoms with Crippen LogP contribution in [0.15, 0.2) is 39.4 Å². The summed E-state index contributed by atoms with van der Waals surface area (Å²) < 4.78 is 6.16. The highest BCUT2D eigenvalue weighted by molar-refractivity contribution is 7.99. The minimum atomic E-state index is -0.814. The number of amides is 1. The van der Waals surface area contributed by atoms with Crippen LogP contribution in [0.25, 0.3) is 10.2 Å². The second-order valence-corrected chi connectivity index (χ2v) is 6.79. The molecular weight excluding hydrogens is 304 g/mol. The van der Waals surface area contributed by atoms with E-state index in [1.54, 1.807) is 23.1 Å². The first-order valence-electron chi connectivity index (χ1n) is 6.35. The van der Waals surface area contributed by atoms with Crippen LogP contribution in [0.4, 0.5) is 4.79 Å². The predicted molar refractivity (Wildman–Crippen MR) is 86.4 cm³/mol. The molecule has 3 aromatic rings. The van der Waals surface area contributed by atoms with Gasteiger partial charge in [-0.05, 0) is 48.6 Å². The quantitative estimate of drug-likeness (QED) is 0.749. The molecule has 0 bridgehead atoms. The number of carbonyl (C=O) groups is 1. The summed E-state index contributed by atoms with van der Waals surface area (Å²) in [7, 11) is 0. The molecule has 6 heteroatoms. The second kappa shape index (κ2) is 5.46. The molecular formula is C15H14N2O2S2. The fraction of sp³-hybridized carbons (Fsp3) is 0.133. The maximum Gasteiger partial charge on any atom is 0.411 e. The lowest BCUT2D eigenvalue weighted by Crippen LogP contribution is -2.16. The number of fused-ring (bicyclic) bond motifs is 1. The van der Waals surface area contributed by atoms with Gasteiger partial charge in [-0.25, -0.2) is 4.79 Å². The van der Waals surface area contributed by atoms with E-state index in [0.717, 1.165) is 20.0 Å². The average molecular weight is 318 g/mol. The summed E-state index contributed by atoms with van der Waals surface area (Å²) in [5, 5.41) is 2.00. The van der Waals surface area contributed by atoms with Crippen molar-refractivity contribution in [1.29, 1.82) is 0 Å². The van der Waals surface area contributed by atoms with E-state index in [4.69, 9.17) is 10.5 Å². The van der Waals surface area contributed by atoms with Crippen LogP contribution in [0, 0.1) is 13.8 Å². The van der Waals surface area contributed by atoms with E-state index in [1.165, 1.54) is 11.1 Å². The van der Waals surface area contributed by atoms with Crippen molar-refractivity contribution in [3.05, 3.63) is 40.8 Å². The molecule has 0 saturated heterocycles. The van der Waals surface area contributed by atoms with Crippen molar-refractivity contribution in [3.8, 4) is 5.88 Å². The summed E-state index contributed by atoms with van der Waals surface area (Å²) >= 11 is 3.18. The Kier molecular flexibility index (Phi) is 3.65. The fourth-order valence-corrected chi connectivity index (χ4v) is 4.41. The number of hydrogen-bond donors (Lipinski definition) is 2. The summed E-state index contributed by atoms with van der Waals surface area (Å²) in [6, 6.07) is 8.30. The summed E-state index contributed by atoms with van der Waals surface area (Å²) in [4.78, 5) is 16.1. The van der Waals surface area contributed by atoms with E-state index in [0.29, 0.717) is 5.88 Å². The van der Waals surface area contributed by atoms with Gasteiger partial charge in [0.1, 0.15) is 0 Å². The lowest BCUT2D eigenvalue weighted by Gasteiger charge is -2.06. The van der Waals surface area contributed by atoms with Gasteiger partial charge in [-0.1, -0.05) is 17.8 Å². The first-order chi connectivity index (χ1) is 10.0. The van der Waals surface area contributed by atoms with Crippen molar-refractivity contribution in [2.75, 3.05) is 0 Å². The van der Waals surface area contributed by atoms with Gasteiger partial charge in [0.15, 0.2) is 0 Å². The number of thiophene rings is 1. The molecule has 0 fully saturated rings. The standard InChI is InChI=1S/C15H14N2O2S2/c1-8-5-9(2)7-10(6-8)21-13-12-11(3-4-20-12)17-14(13)19-15(16)18/h3-7,17H,1-2H3,(H2,16,18). The third-order valence-electron chi connectivity index (χ3n) is 2.94. The predicted octanol–water partition coefficient (Wildman–Crippen LogP) is 4.45. The van der Waals surface area contributed by atoms with Crippen LogP contribution in [-0.4, -0.2) is 11.1 Å². The van der Waals surface area contributed by atoms with E-state index in [2.05, 4.69) is 37.0 Å². The maximum absolute atomic E-state index is 11.1. The number of primary amides is 1. The Morgan fingerprint density at radius 2 is 2.00 bits per heavy atom. The number of hydrogen-bond acceptors (Lipinski definition) is 4. The average Bonchev–Trinajstić information content (AvgIpc) is 2.91. The maximum atomic E-state index is 11.1. The summed E-state index contributed by atoms with van der Waals surface area (Å²) in [6.45, 7) is 4.13. The van der Waals surface area contributed by atoms with Crippen LogP contribution >= 0.6 is 23.1 Å². The van der Waals surface area contributed by atoms with E-state index < -0.39 is 6.09 Å². The Balaban J connectivity index is 2.05. The Bertz CT molecular complexity index is 800. The second-order valence-electron chi connectivity index (χ2n) is 4.79. The third kappa shape index (κ3) is 2.91. The van der Waals surface area contributed by atoms with Gasteiger partial charge in [0.05, 0.1) is 15.1 Å². The summed E-state index contributed by atoms with van der Waals surface area (Å²) in [5.41, 5.74) is 8.49. The van der Waals surface area contributed by atoms with Gasteiger partial charge >= 0.3 is 6.09 Å². The minimum Gasteiger partial charge on any atom is -0.392 e. The molecule has 1 amide bonds. The van der Waals surface area contributed by atoms with Crippen molar-refractivity contribution in [3.63, 3.8) is 0 Å². The lowest BCUT2D eigenvalue weighted by molar-refractivity contribution is 0.208. The van der Waals surface area contributed by atoms with Crippen molar-refractivity contribution in [1.82, 2.24) is 4.98 Å². The van der Waals surface area contributed by atoms with Crippen LogP contribution in [0.1, 0.15) is 11.1 Å². The molecule has 0 atom stereocenters. The van der Waals surface area contributed by atoms with Gasteiger partial charge in [-0.3, -0.25) is 0 Å². The number of aromatic amines is 1. The van der Waals surface area contributed by atoms with Crippen molar-refractivity contribution in [2.45, 2.75) is 23.6 Å². The van der Waals surface area contributed by atoms with Gasteiger partial charge in [-0.15, -0.1) is 11.3 Å². The molecule has 0 aliphatic heterocycles. The van der Waals surface area contributed by atoms with E-state index in [1.807, 2.05) is 11.4 Å². The fourth-order valence-electron chi connectivity index (χ4n) is 2.24. The number of nitrogens with two attached hydrogens (primary N) is 1.